The molecule has 14 nitrogen and oxygen atoms in total. The number of methoxy groups -OCH3 is 2. The molecule has 0 spiro atoms. The quantitative estimate of drug-likeness (QED) is 0.113. The van der Waals surface area contributed by atoms with Crippen molar-refractivity contribution in [2.75, 3.05) is 26.1 Å². The number of benzene rings is 4. The molecule has 2 N–H and O–H groups in total. The number of hydrogen-bond acceptors (Lipinski definition) is 11. The Morgan fingerprint density at radius 3 is 2.06 bits per heavy atom. The molecule has 7 rings (SSSR count). The van der Waals surface area contributed by atoms with Gasteiger partial charge in [0.15, 0.2) is 29.4 Å². The van der Waals surface area contributed by atoms with Gasteiger partial charge in [0.2, 0.25) is 0 Å². The first kappa shape index (κ1) is 35.8. The van der Waals surface area contributed by atoms with Gasteiger partial charge in [-0.05, 0) is 53.1 Å². The van der Waals surface area contributed by atoms with Crippen LogP contribution in [0.1, 0.15) is 33.3 Å². The molecule has 0 radical (unpaired) electrons. The molecular formula is C37H34FN6O8P. The molecule has 1 unspecified atom stereocenters. The topological polar surface area (TPSA) is 169 Å². The standard InChI is InChI=1S/C37H34FN6O8P/c1-48-27-17-13-25(14-18-27)37(24-11-7-4-8-12-24,26-15-19-28(49-2)20-16-26)50-21-29-32(52-53(46)47)30(38)36(51-29)44-34-31(42-43-44)33(39-22-40-34)41-35(45)23-9-5-3-6-10-23/h3-20,22,29-30,32,36,53H,21H2,1-2H3,(H,46,47)(H,39,40,41,45)/t29-,30+,32-,36-/m1/s1. The Labute approximate surface area is 303 Å². The third-order valence-corrected chi connectivity index (χ3v) is 9.39. The van der Waals surface area contributed by atoms with Gasteiger partial charge in [0.05, 0.1) is 20.8 Å². The summed E-state index contributed by atoms with van der Waals surface area (Å²) in [6.07, 6.45) is -5.16. The number of fused-ring (bicyclic) bond motifs is 1. The van der Waals surface area contributed by atoms with Crippen LogP contribution in [0.4, 0.5) is 10.2 Å². The Bertz CT molecular complexity index is 2150. The van der Waals surface area contributed by atoms with Crippen LogP contribution in [0.15, 0.2) is 116 Å². The lowest BCUT2D eigenvalue weighted by molar-refractivity contribution is -0.0937. The Hall–Kier alpha value is -5.57. The number of ether oxygens (including phenoxy) is 4. The molecule has 2 aromatic heterocycles. The van der Waals surface area contributed by atoms with E-state index in [0.717, 1.165) is 10.2 Å². The lowest BCUT2D eigenvalue weighted by Crippen LogP contribution is -2.39. The molecule has 3 heterocycles. The van der Waals surface area contributed by atoms with E-state index in [9.17, 15) is 14.3 Å². The highest BCUT2D eigenvalue weighted by Crippen LogP contribution is 2.44. The number of nitrogens with zero attached hydrogens (tertiary/aromatic N) is 5. The van der Waals surface area contributed by atoms with E-state index in [0.29, 0.717) is 28.2 Å². The van der Waals surface area contributed by atoms with Crippen molar-refractivity contribution in [1.82, 2.24) is 25.0 Å². The van der Waals surface area contributed by atoms with Crippen molar-refractivity contribution in [1.29, 1.82) is 0 Å². The number of amides is 1. The van der Waals surface area contributed by atoms with Crippen LogP contribution in [0, 0.1) is 0 Å². The van der Waals surface area contributed by atoms with Crippen LogP contribution in [-0.4, -0.2) is 75.0 Å². The van der Waals surface area contributed by atoms with Crippen LogP contribution in [-0.2, 0) is 24.2 Å². The number of carbonyl (C=O) groups is 1. The van der Waals surface area contributed by atoms with Gasteiger partial charge >= 0.3 is 8.25 Å². The molecule has 0 saturated carbocycles. The Kier molecular flexibility index (Phi) is 10.5. The molecule has 1 aliphatic heterocycles. The van der Waals surface area contributed by atoms with Crippen molar-refractivity contribution in [3.8, 4) is 11.5 Å². The monoisotopic (exact) mass is 740 g/mol. The molecule has 4 aromatic carbocycles. The van der Waals surface area contributed by atoms with Crippen LogP contribution in [0.25, 0.3) is 11.2 Å². The number of carbonyl (C=O) groups excluding carboxylic acids is 1. The lowest BCUT2D eigenvalue weighted by Gasteiger charge is -2.37. The third-order valence-electron chi connectivity index (χ3n) is 8.91. The number of anilines is 1. The van der Waals surface area contributed by atoms with Crippen LogP contribution >= 0.6 is 8.25 Å². The molecule has 1 aliphatic rings. The first-order chi connectivity index (χ1) is 25.8. The molecule has 0 bridgehead atoms. The molecule has 1 amide bonds. The number of aromatic nitrogens is 5. The highest BCUT2D eigenvalue weighted by Gasteiger charge is 2.50. The summed E-state index contributed by atoms with van der Waals surface area (Å²) in [6, 6.07) is 32.6. The Morgan fingerprint density at radius 2 is 1.47 bits per heavy atom. The number of rotatable bonds is 13. The van der Waals surface area contributed by atoms with E-state index >= 15 is 4.39 Å². The normalized spacial score (nSPS) is 19.2. The van der Waals surface area contributed by atoms with Crippen molar-refractivity contribution < 1.29 is 42.1 Å². The fourth-order valence-corrected chi connectivity index (χ4v) is 6.88. The van der Waals surface area contributed by atoms with E-state index in [-0.39, 0.29) is 23.6 Å². The fraction of sp³-hybridized carbons (Fsp3) is 0.216. The first-order valence-corrected chi connectivity index (χ1v) is 17.7. The van der Waals surface area contributed by atoms with Gasteiger partial charge in [-0.25, -0.2) is 14.4 Å². The number of halogens is 1. The number of nitrogens with one attached hydrogen (secondary N) is 1. The zero-order valence-electron chi connectivity index (χ0n) is 28.4. The predicted octanol–water partition coefficient (Wildman–Crippen LogP) is 5.50. The second-order valence-electron chi connectivity index (χ2n) is 11.9. The molecule has 1 saturated heterocycles. The van der Waals surface area contributed by atoms with Gasteiger partial charge < -0.3 is 33.7 Å². The van der Waals surface area contributed by atoms with Crippen molar-refractivity contribution >= 4 is 31.1 Å². The minimum Gasteiger partial charge on any atom is -0.497 e. The van der Waals surface area contributed by atoms with Crippen molar-refractivity contribution in [2.45, 2.75) is 30.2 Å². The summed E-state index contributed by atoms with van der Waals surface area (Å²) in [5.74, 6) is 0.847. The van der Waals surface area contributed by atoms with Gasteiger partial charge in [-0.15, -0.1) is 5.10 Å². The summed E-state index contributed by atoms with van der Waals surface area (Å²) in [4.78, 5) is 31.1. The zero-order chi connectivity index (χ0) is 37.0. The van der Waals surface area contributed by atoms with Gasteiger partial charge in [0.25, 0.3) is 5.91 Å². The molecular weight excluding hydrogens is 706 g/mol. The Balaban J connectivity index is 1.24. The molecule has 1 fully saturated rings. The first-order valence-electron chi connectivity index (χ1n) is 16.4. The number of hydrogen-bond donors (Lipinski definition) is 2. The molecule has 16 heteroatoms. The fourth-order valence-electron chi connectivity index (χ4n) is 6.36. The third kappa shape index (κ3) is 7.12. The lowest BCUT2D eigenvalue weighted by atomic mass is 9.80. The largest absolute Gasteiger partial charge is 0.497 e. The summed E-state index contributed by atoms with van der Waals surface area (Å²) in [5, 5.41) is 10.9. The van der Waals surface area contributed by atoms with E-state index in [2.05, 4.69) is 25.6 Å². The molecule has 53 heavy (non-hydrogen) atoms. The van der Waals surface area contributed by atoms with Gasteiger partial charge in [0, 0.05) is 5.56 Å². The van der Waals surface area contributed by atoms with Gasteiger partial charge in [0.1, 0.15) is 35.6 Å². The minimum atomic E-state index is -3.66. The van der Waals surface area contributed by atoms with E-state index in [1.165, 1.54) is 6.33 Å². The number of alkyl halides is 1. The smallest absolute Gasteiger partial charge is 0.317 e. The highest BCUT2D eigenvalue weighted by molar-refractivity contribution is 7.32. The zero-order valence-corrected chi connectivity index (χ0v) is 29.4. The van der Waals surface area contributed by atoms with Crippen LogP contribution in [0.2, 0.25) is 0 Å². The summed E-state index contributed by atoms with van der Waals surface area (Å²) in [6.45, 7) is -0.316. The minimum absolute atomic E-state index is 0.0445. The van der Waals surface area contributed by atoms with E-state index in [1.807, 2.05) is 54.6 Å². The summed E-state index contributed by atoms with van der Waals surface area (Å²) >= 11 is 0. The maximum atomic E-state index is 16.5. The van der Waals surface area contributed by atoms with Crippen LogP contribution in [0.3, 0.4) is 0 Å². The van der Waals surface area contributed by atoms with Crippen molar-refractivity contribution in [3.05, 3.63) is 138 Å². The molecule has 6 aromatic rings. The average molecular weight is 741 g/mol. The maximum Gasteiger partial charge on any atom is 0.317 e. The average Bonchev–Trinajstić information content (AvgIpc) is 3.76. The second kappa shape index (κ2) is 15.6. The van der Waals surface area contributed by atoms with E-state index < -0.39 is 44.4 Å². The summed E-state index contributed by atoms with van der Waals surface area (Å²) in [7, 11) is -0.519. The van der Waals surface area contributed by atoms with Gasteiger partial charge in [-0.1, -0.05) is 78.0 Å². The maximum absolute atomic E-state index is 16.5. The summed E-state index contributed by atoms with van der Waals surface area (Å²) < 4.78 is 58.9. The second-order valence-corrected chi connectivity index (χ2v) is 12.7. The molecule has 5 atom stereocenters. The van der Waals surface area contributed by atoms with Crippen LogP contribution in [0.5, 0.6) is 11.5 Å². The van der Waals surface area contributed by atoms with E-state index in [4.69, 9.17) is 23.5 Å². The van der Waals surface area contributed by atoms with E-state index in [1.54, 1.807) is 68.8 Å². The Morgan fingerprint density at radius 1 is 0.887 bits per heavy atom. The highest BCUT2D eigenvalue weighted by atomic mass is 31.1. The molecule has 272 valence electrons. The van der Waals surface area contributed by atoms with Gasteiger partial charge in [-0.3, -0.25) is 9.36 Å². The summed E-state index contributed by atoms with van der Waals surface area (Å²) in [5.41, 5.74) is 1.34. The van der Waals surface area contributed by atoms with Gasteiger partial charge in [-0.2, -0.15) is 4.68 Å². The van der Waals surface area contributed by atoms with Crippen LogP contribution < -0.4 is 14.8 Å². The van der Waals surface area contributed by atoms with Crippen molar-refractivity contribution in [3.63, 3.8) is 0 Å². The molecule has 0 aliphatic carbocycles. The predicted molar refractivity (Wildman–Crippen MR) is 191 cm³/mol. The SMILES string of the molecule is COc1ccc(C(OC[C@H]2O[C@@H](n3nnc4c(NC(=O)c5ccccc5)ncnc43)[C@@H](F)[C@@H]2O[PH](=O)O)(c2ccccc2)c2ccc(OC)cc2)cc1. The van der Waals surface area contributed by atoms with Crippen molar-refractivity contribution in [2.24, 2.45) is 0 Å².